The van der Waals surface area contributed by atoms with Crippen LogP contribution in [0.3, 0.4) is 0 Å². The molecule has 1 unspecified atom stereocenters. The van der Waals surface area contributed by atoms with Gasteiger partial charge in [-0.1, -0.05) is 28.1 Å². The van der Waals surface area contributed by atoms with Crippen molar-refractivity contribution >= 4 is 38.4 Å². The van der Waals surface area contributed by atoms with Gasteiger partial charge in [0.25, 0.3) is 0 Å². The quantitative estimate of drug-likeness (QED) is 0.366. The van der Waals surface area contributed by atoms with Crippen LogP contribution in [-0.2, 0) is 4.79 Å². The van der Waals surface area contributed by atoms with Crippen molar-refractivity contribution in [2.24, 2.45) is 0 Å². The van der Waals surface area contributed by atoms with E-state index in [1.54, 1.807) is 12.3 Å². The summed E-state index contributed by atoms with van der Waals surface area (Å²) in [5.74, 6) is 0.810. The van der Waals surface area contributed by atoms with Crippen LogP contribution in [0.5, 0.6) is 5.75 Å². The van der Waals surface area contributed by atoms with E-state index < -0.39 is 0 Å². The largest absolute Gasteiger partial charge is 0.493 e. The number of carbonyl (C=O) groups is 1. The Balaban J connectivity index is 1.77. The molecule has 1 aliphatic rings. The summed E-state index contributed by atoms with van der Waals surface area (Å²) >= 11 is 3.55. The van der Waals surface area contributed by atoms with Crippen molar-refractivity contribution in [3.05, 3.63) is 58.8 Å². The highest BCUT2D eigenvalue weighted by atomic mass is 79.9. The monoisotopic (exact) mass is 481 g/mol. The molecule has 1 amide bonds. The highest BCUT2D eigenvalue weighted by Gasteiger charge is 2.22. The molecule has 2 heterocycles. The molecule has 3 aromatic rings. The Kier molecular flexibility index (Phi) is 6.51. The van der Waals surface area contributed by atoms with Crippen LogP contribution in [0.15, 0.2) is 57.6 Å². The van der Waals surface area contributed by atoms with E-state index in [0.717, 1.165) is 62.8 Å². The van der Waals surface area contributed by atoms with Gasteiger partial charge in [-0.2, -0.15) is 0 Å². The molecule has 0 N–H and O–H groups in total. The van der Waals surface area contributed by atoms with Crippen LogP contribution in [-0.4, -0.2) is 30.0 Å². The van der Waals surface area contributed by atoms with E-state index in [9.17, 15) is 4.79 Å². The van der Waals surface area contributed by atoms with Crippen LogP contribution in [0.4, 0.5) is 0 Å². The SMILES string of the molecule is CCOc1cc2occ(-c3cccc(Br)c3)c2cc1/C(C)=C/C(=O)N1CCCCC1C. The Morgan fingerprint density at radius 3 is 2.87 bits per heavy atom. The van der Waals surface area contributed by atoms with Gasteiger partial charge < -0.3 is 14.1 Å². The van der Waals surface area contributed by atoms with Gasteiger partial charge in [0.05, 0.1) is 12.9 Å². The predicted octanol–water partition coefficient (Wildman–Crippen LogP) is 7.07. The molecular formula is C26H28BrNO3. The normalized spacial score (nSPS) is 17.2. The number of benzene rings is 2. The van der Waals surface area contributed by atoms with Crippen molar-refractivity contribution in [3.8, 4) is 16.9 Å². The van der Waals surface area contributed by atoms with Gasteiger partial charge in [-0.15, -0.1) is 0 Å². The van der Waals surface area contributed by atoms with E-state index in [1.807, 2.05) is 36.9 Å². The Morgan fingerprint density at radius 2 is 2.13 bits per heavy atom. The van der Waals surface area contributed by atoms with Crippen molar-refractivity contribution in [1.82, 2.24) is 4.90 Å². The van der Waals surface area contributed by atoms with Gasteiger partial charge in [0.2, 0.25) is 5.91 Å². The van der Waals surface area contributed by atoms with Gasteiger partial charge in [-0.3, -0.25) is 4.79 Å². The minimum atomic E-state index is 0.0756. The molecule has 0 aliphatic carbocycles. The molecule has 5 heteroatoms. The van der Waals surface area contributed by atoms with Gasteiger partial charge >= 0.3 is 0 Å². The van der Waals surface area contributed by atoms with E-state index >= 15 is 0 Å². The van der Waals surface area contributed by atoms with E-state index in [-0.39, 0.29) is 11.9 Å². The van der Waals surface area contributed by atoms with E-state index in [1.165, 1.54) is 6.42 Å². The first-order valence-corrected chi connectivity index (χ1v) is 11.7. The Bertz CT molecular complexity index is 1130. The maximum Gasteiger partial charge on any atom is 0.247 e. The molecule has 2 aromatic carbocycles. The molecular weight excluding hydrogens is 454 g/mol. The number of amides is 1. The third-order valence-corrected chi connectivity index (χ3v) is 6.46. The fourth-order valence-electron chi connectivity index (χ4n) is 4.29. The highest BCUT2D eigenvalue weighted by molar-refractivity contribution is 9.10. The van der Waals surface area contributed by atoms with Gasteiger partial charge in [0.1, 0.15) is 11.3 Å². The van der Waals surface area contributed by atoms with Crippen LogP contribution in [0.2, 0.25) is 0 Å². The number of likely N-dealkylation sites (tertiary alicyclic amines) is 1. The second-order valence-electron chi connectivity index (χ2n) is 8.14. The summed E-state index contributed by atoms with van der Waals surface area (Å²) in [4.78, 5) is 15.0. The number of rotatable bonds is 5. The maximum atomic E-state index is 13.0. The van der Waals surface area contributed by atoms with Crippen LogP contribution in [0.25, 0.3) is 27.7 Å². The predicted molar refractivity (Wildman–Crippen MR) is 129 cm³/mol. The summed E-state index contributed by atoms with van der Waals surface area (Å²) in [7, 11) is 0. The zero-order chi connectivity index (χ0) is 22.0. The summed E-state index contributed by atoms with van der Waals surface area (Å²) in [5.41, 5.74) is 4.68. The van der Waals surface area contributed by atoms with Crippen molar-refractivity contribution < 1.29 is 13.9 Å². The second kappa shape index (κ2) is 9.31. The van der Waals surface area contributed by atoms with Crippen molar-refractivity contribution in [2.75, 3.05) is 13.2 Å². The molecule has 1 aliphatic heterocycles. The average molecular weight is 482 g/mol. The minimum Gasteiger partial charge on any atom is -0.493 e. The molecule has 0 saturated carbocycles. The maximum absolute atomic E-state index is 13.0. The molecule has 0 spiro atoms. The molecule has 1 saturated heterocycles. The molecule has 4 nitrogen and oxygen atoms in total. The zero-order valence-electron chi connectivity index (χ0n) is 18.3. The molecule has 31 heavy (non-hydrogen) atoms. The summed E-state index contributed by atoms with van der Waals surface area (Å²) in [6.45, 7) is 7.45. The van der Waals surface area contributed by atoms with Crippen LogP contribution < -0.4 is 4.74 Å². The number of fused-ring (bicyclic) bond motifs is 1. The zero-order valence-corrected chi connectivity index (χ0v) is 19.9. The lowest BCUT2D eigenvalue weighted by molar-refractivity contribution is -0.129. The summed E-state index contributed by atoms with van der Waals surface area (Å²) in [6.07, 6.45) is 6.87. The highest BCUT2D eigenvalue weighted by Crippen LogP contribution is 2.38. The van der Waals surface area contributed by atoms with E-state index in [2.05, 4.69) is 41.1 Å². The first kappa shape index (κ1) is 21.7. The number of nitrogens with zero attached hydrogens (tertiary/aromatic N) is 1. The van der Waals surface area contributed by atoms with E-state index in [4.69, 9.17) is 9.15 Å². The summed E-state index contributed by atoms with van der Waals surface area (Å²) in [5, 5.41) is 1.00. The number of allylic oxidation sites excluding steroid dienone is 1. The number of piperidine rings is 1. The number of carbonyl (C=O) groups excluding carboxylic acids is 1. The molecule has 4 rings (SSSR count). The first-order chi connectivity index (χ1) is 15.0. The number of hydrogen-bond acceptors (Lipinski definition) is 3. The Hall–Kier alpha value is -2.53. The lowest BCUT2D eigenvalue weighted by Crippen LogP contribution is -2.41. The van der Waals surface area contributed by atoms with Gasteiger partial charge in [-0.25, -0.2) is 0 Å². The lowest BCUT2D eigenvalue weighted by Gasteiger charge is -2.32. The molecule has 1 atom stereocenters. The third-order valence-electron chi connectivity index (χ3n) is 5.96. The standard InChI is InChI=1S/C26H28BrNO3/c1-4-30-24-15-25-22(23(16-31-25)19-9-7-10-20(27)13-19)14-21(24)17(2)12-26(29)28-11-6-5-8-18(28)3/h7,9-10,12-16,18H,4-6,8,11H2,1-3H3/b17-12+. The van der Waals surface area contributed by atoms with E-state index in [0.29, 0.717) is 6.61 Å². The topological polar surface area (TPSA) is 42.7 Å². The number of furan rings is 1. The number of halogens is 1. The molecule has 0 radical (unpaired) electrons. The Morgan fingerprint density at radius 1 is 1.29 bits per heavy atom. The smallest absolute Gasteiger partial charge is 0.247 e. The van der Waals surface area contributed by atoms with Gasteiger partial charge in [0.15, 0.2) is 0 Å². The van der Waals surface area contributed by atoms with Gasteiger partial charge in [-0.05, 0) is 69.4 Å². The fourth-order valence-corrected chi connectivity index (χ4v) is 4.69. The molecule has 0 bridgehead atoms. The second-order valence-corrected chi connectivity index (χ2v) is 9.06. The van der Waals surface area contributed by atoms with Crippen molar-refractivity contribution in [1.29, 1.82) is 0 Å². The van der Waals surface area contributed by atoms with Crippen LogP contribution >= 0.6 is 15.9 Å². The van der Waals surface area contributed by atoms with Crippen molar-refractivity contribution in [3.63, 3.8) is 0 Å². The summed E-state index contributed by atoms with van der Waals surface area (Å²) in [6, 6.07) is 12.5. The molecule has 162 valence electrons. The average Bonchev–Trinajstić information content (AvgIpc) is 3.16. The minimum absolute atomic E-state index is 0.0756. The fraction of sp³-hybridized carbons (Fsp3) is 0.346. The van der Waals surface area contributed by atoms with Crippen LogP contribution in [0.1, 0.15) is 45.6 Å². The summed E-state index contributed by atoms with van der Waals surface area (Å²) < 4.78 is 12.8. The first-order valence-electron chi connectivity index (χ1n) is 10.9. The van der Waals surface area contributed by atoms with Crippen LogP contribution in [0, 0.1) is 0 Å². The van der Waals surface area contributed by atoms with Crippen molar-refractivity contribution in [2.45, 2.75) is 46.1 Å². The number of ether oxygens (including phenoxy) is 1. The Labute approximate surface area is 192 Å². The third kappa shape index (κ3) is 4.57. The molecule has 1 fully saturated rings. The van der Waals surface area contributed by atoms with Gasteiger partial charge in [0, 0.05) is 45.7 Å². The lowest BCUT2D eigenvalue weighted by atomic mass is 9.98. The molecule has 1 aromatic heterocycles. The number of hydrogen-bond donors (Lipinski definition) is 0.